The number of nitrogen functional groups attached to an aromatic ring is 1. The number of H-pyrrole nitrogens is 1. The molecular weight excluding hydrogens is 334 g/mol. The van der Waals surface area contributed by atoms with Gasteiger partial charge in [0.05, 0.1) is 5.25 Å². The van der Waals surface area contributed by atoms with Gasteiger partial charge in [-0.2, -0.15) is 10.5 Å². The van der Waals surface area contributed by atoms with Gasteiger partial charge in [-0.3, -0.25) is 10.5 Å². The Balaban J connectivity index is 1.96. The first-order valence-electron chi connectivity index (χ1n) is 7.69. The van der Waals surface area contributed by atoms with Crippen LogP contribution < -0.4 is 16.0 Å². The first kappa shape index (κ1) is 18.3. The molecule has 0 unspecified atom stereocenters. The van der Waals surface area contributed by atoms with Gasteiger partial charge in [0.15, 0.2) is 5.03 Å². The van der Waals surface area contributed by atoms with E-state index in [2.05, 4.69) is 10.3 Å². The fraction of sp³-hybridized carbons (Fsp3) is 0.222. The van der Waals surface area contributed by atoms with Crippen molar-refractivity contribution in [3.05, 3.63) is 53.1 Å². The van der Waals surface area contributed by atoms with Crippen molar-refractivity contribution in [1.29, 1.82) is 10.5 Å². The van der Waals surface area contributed by atoms with E-state index in [9.17, 15) is 10.1 Å². The average molecular weight is 352 g/mol. The number of hydrogen-bond acceptors (Lipinski definition) is 5. The minimum Gasteiger partial charge on any atom is -0.355 e. The number of nitrogens with two attached hydrogens (primary N) is 1. The molecule has 126 valence electrons. The maximum absolute atomic E-state index is 12.2. The summed E-state index contributed by atoms with van der Waals surface area (Å²) < 4.78 is 0. The van der Waals surface area contributed by atoms with Crippen molar-refractivity contribution < 1.29 is 9.78 Å². The average Bonchev–Trinajstić information content (AvgIpc) is 2.62. The monoisotopic (exact) mass is 352 g/mol. The summed E-state index contributed by atoms with van der Waals surface area (Å²) in [6.07, 6.45) is 0.753. The summed E-state index contributed by atoms with van der Waals surface area (Å²) in [7, 11) is 0. The van der Waals surface area contributed by atoms with Crippen LogP contribution in [0, 0.1) is 22.7 Å². The fourth-order valence-corrected chi connectivity index (χ4v) is 3.11. The highest BCUT2D eigenvalue weighted by molar-refractivity contribution is 8.00. The summed E-state index contributed by atoms with van der Waals surface area (Å²) in [6, 6.07) is 15.3. The lowest BCUT2D eigenvalue weighted by molar-refractivity contribution is -0.410. The molecule has 0 saturated carbocycles. The quantitative estimate of drug-likeness (QED) is 0.767. The van der Waals surface area contributed by atoms with Crippen LogP contribution in [0.1, 0.15) is 23.6 Å². The summed E-state index contributed by atoms with van der Waals surface area (Å²) in [6.45, 7) is 2.30. The largest absolute Gasteiger partial charge is 0.355 e. The summed E-state index contributed by atoms with van der Waals surface area (Å²) >= 11 is 1.20. The van der Waals surface area contributed by atoms with Crippen molar-refractivity contribution in [3.63, 3.8) is 0 Å². The van der Waals surface area contributed by atoms with Gasteiger partial charge in [-0.1, -0.05) is 42.1 Å². The molecule has 1 heterocycles. The number of aromatic amines is 1. The van der Waals surface area contributed by atoms with Crippen molar-refractivity contribution >= 4 is 23.5 Å². The predicted octanol–water partition coefficient (Wildman–Crippen LogP) is 1.67. The Bertz CT molecular complexity index is 839. The number of nitrogens with one attached hydrogen (secondary N) is 2. The normalized spacial score (nSPS) is 11.2. The second-order valence-electron chi connectivity index (χ2n) is 5.35. The van der Waals surface area contributed by atoms with Gasteiger partial charge < -0.3 is 5.32 Å². The van der Waals surface area contributed by atoms with Crippen LogP contribution in [0.4, 0.5) is 5.82 Å². The van der Waals surface area contributed by atoms with Gasteiger partial charge in [0.1, 0.15) is 23.3 Å². The number of benzene rings is 1. The SMILES string of the molecule is C[C@H](Sc1[nH+]c(N)c(C#N)cc1C#N)C(=O)NCCc1ccccc1. The second-order valence-corrected chi connectivity index (χ2v) is 6.70. The lowest BCUT2D eigenvalue weighted by atomic mass is 10.1. The molecule has 4 N–H and O–H groups in total. The molecule has 0 aliphatic rings. The summed E-state index contributed by atoms with van der Waals surface area (Å²) in [5.41, 5.74) is 7.41. The van der Waals surface area contributed by atoms with Crippen molar-refractivity contribution in [3.8, 4) is 12.1 Å². The molecule has 7 heteroatoms. The van der Waals surface area contributed by atoms with Crippen LogP contribution in [0.25, 0.3) is 0 Å². The standard InChI is InChI=1S/C18H17N5OS/c1-12(17(24)22-8-7-13-5-3-2-4-6-13)25-18-15(11-20)9-14(10-19)16(21)23-18/h2-6,9,12H,7-8H2,1H3,(H2,21,23)(H,22,24)/p+1/t12-/m0/s1. The van der Waals surface area contributed by atoms with Crippen molar-refractivity contribution in [2.75, 3.05) is 12.3 Å². The van der Waals surface area contributed by atoms with Crippen molar-refractivity contribution in [2.24, 2.45) is 0 Å². The number of carbonyl (C=O) groups excluding carboxylic acids is 1. The van der Waals surface area contributed by atoms with Gasteiger partial charge >= 0.3 is 0 Å². The Morgan fingerprint density at radius 3 is 2.60 bits per heavy atom. The first-order chi connectivity index (χ1) is 12.0. The fourth-order valence-electron chi connectivity index (χ4n) is 2.16. The third-order valence-corrected chi connectivity index (χ3v) is 4.66. The Morgan fingerprint density at radius 2 is 1.96 bits per heavy atom. The molecule has 0 saturated heterocycles. The molecular formula is C18H18N5OS+. The second kappa shape index (κ2) is 8.72. The van der Waals surface area contributed by atoms with E-state index in [4.69, 9.17) is 11.0 Å². The van der Waals surface area contributed by atoms with E-state index in [1.54, 1.807) is 6.92 Å². The summed E-state index contributed by atoms with van der Waals surface area (Å²) in [5.74, 6) is 0.0573. The van der Waals surface area contributed by atoms with Gasteiger partial charge in [-0.05, 0) is 25.0 Å². The molecule has 1 aromatic heterocycles. The molecule has 0 fully saturated rings. The van der Waals surface area contributed by atoms with Crippen LogP contribution in [-0.4, -0.2) is 17.7 Å². The van der Waals surface area contributed by atoms with Crippen molar-refractivity contribution in [2.45, 2.75) is 23.6 Å². The molecule has 1 atom stereocenters. The van der Waals surface area contributed by atoms with Crippen LogP contribution in [0.5, 0.6) is 0 Å². The number of hydrogen-bond donors (Lipinski definition) is 2. The number of thioether (sulfide) groups is 1. The topological polar surface area (TPSA) is 117 Å². The Hall–Kier alpha value is -3.03. The van der Waals surface area contributed by atoms with Gasteiger partial charge in [-0.15, -0.1) is 0 Å². The van der Waals surface area contributed by atoms with E-state index >= 15 is 0 Å². The molecule has 0 spiro atoms. The van der Waals surface area contributed by atoms with E-state index in [1.807, 2.05) is 42.5 Å². The number of anilines is 1. The molecule has 0 aliphatic heterocycles. The number of pyridine rings is 1. The maximum atomic E-state index is 12.2. The third kappa shape index (κ3) is 4.97. The minimum atomic E-state index is -0.411. The Labute approximate surface area is 150 Å². The van der Waals surface area contributed by atoms with Crippen LogP contribution in [-0.2, 0) is 11.2 Å². The number of nitriles is 2. The van der Waals surface area contributed by atoms with Gasteiger partial charge in [0.25, 0.3) is 5.82 Å². The minimum absolute atomic E-state index is 0.124. The lowest BCUT2D eigenvalue weighted by Crippen LogP contribution is -2.33. The number of carbonyl (C=O) groups is 1. The lowest BCUT2D eigenvalue weighted by Gasteiger charge is -2.11. The van der Waals surface area contributed by atoms with Crippen LogP contribution in [0.3, 0.4) is 0 Å². The molecule has 1 amide bonds. The highest BCUT2D eigenvalue weighted by atomic mass is 32.2. The highest BCUT2D eigenvalue weighted by Crippen LogP contribution is 2.24. The Morgan fingerprint density at radius 1 is 1.28 bits per heavy atom. The van der Waals surface area contributed by atoms with E-state index in [0.717, 1.165) is 12.0 Å². The summed E-state index contributed by atoms with van der Waals surface area (Å²) in [4.78, 5) is 15.1. The number of nitrogens with zero attached hydrogens (tertiary/aromatic N) is 2. The van der Waals surface area contributed by atoms with Crippen LogP contribution in [0.15, 0.2) is 41.4 Å². The van der Waals surface area contributed by atoms with Gasteiger partial charge in [0.2, 0.25) is 5.91 Å². The smallest absolute Gasteiger partial charge is 0.289 e. The molecule has 0 aliphatic carbocycles. The first-order valence-corrected chi connectivity index (χ1v) is 8.57. The summed E-state index contributed by atoms with van der Waals surface area (Å²) in [5, 5.41) is 21.1. The molecule has 25 heavy (non-hydrogen) atoms. The number of amides is 1. The molecule has 0 radical (unpaired) electrons. The molecule has 0 bridgehead atoms. The van der Waals surface area contributed by atoms with Crippen LogP contribution >= 0.6 is 11.8 Å². The zero-order chi connectivity index (χ0) is 18.2. The zero-order valence-corrected chi connectivity index (χ0v) is 14.6. The van der Waals surface area contributed by atoms with E-state index in [1.165, 1.54) is 17.8 Å². The molecule has 2 rings (SSSR count). The highest BCUT2D eigenvalue weighted by Gasteiger charge is 2.21. The molecule has 1 aromatic carbocycles. The Kier molecular flexibility index (Phi) is 6.39. The predicted molar refractivity (Wildman–Crippen MR) is 95.3 cm³/mol. The molecule has 6 nitrogen and oxygen atoms in total. The molecule has 2 aromatic rings. The number of rotatable bonds is 6. The van der Waals surface area contributed by atoms with Crippen LogP contribution in [0.2, 0.25) is 0 Å². The maximum Gasteiger partial charge on any atom is 0.289 e. The third-order valence-electron chi connectivity index (χ3n) is 3.53. The zero-order valence-electron chi connectivity index (χ0n) is 13.7. The number of aromatic nitrogens is 1. The van der Waals surface area contributed by atoms with E-state index < -0.39 is 5.25 Å². The van der Waals surface area contributed by atoms with Gasteiger partial charge in [0, 0.05) is 6.54 Å². The van der Waals surface area contributed by atoms with E-state index in [-0.39, 0.29) is 17.3 Å². The van der Waals surface area contributed by atoms with E-state index in [0.29, 0.717) is 17.1 Å². The van der Waals surface area contributed by atoms with Gasteiger partial charge in [-0.25, -0.2) is 4.98 Å². The van der Waals surface area contributed by atoms with Crippen molar-refractivity contribution in [1.82, 2.24) is 5.32 Å².